The van der Waals surface area contributed by atoms with Gasteiger partial charge in [0.2, 0.25) is 0 Å². The van der Waals surface area contributed by atoms with E-state index in [1.807, 2.05) is 6.92 Å². The summed E-state index contributed by atoms with van der Waals surface area (Å²) < 4.78 is 1.48. The Balaban J connectivity index is 2.78. The third-order valence-corrected chi connectivity index (χ3v) is 2.62. The number of hydrogen-bond acceptors (Lipinski definition) is 4. The molecule has 0 unspecified atom stereocenters. The summed E-state index contributed by atoms with van der Waals surface area (Å²) >= 11 is 0. The Morgan fingerprint density at radius 2 is 2.21 bits per heavy atom. The first-order valence-corrected chi connectivity index (χ1v) is 5.55. The third kappa shape index (κ3) is 2.30. The normalized spacial score (nSPS) is 11.6. The fourth-order valence-electron chi connectivity index (χ4n) is 1.78. The van der Waals surface area contributed by atoms with Crippen molar-refractivity contribution >= 4 is 6.20 Å². The minimum absolute atomic E-state index is 0.279. The van der Waals surface area contributed by atoms with E-state index >= 15 is 0 Å². The second kappa shape index (κ2) is 4.89. The zero-order valence-electron chi connectivity index (χ0n) is 10.6. The molecule has 2 heterocycles. The molecule has 0 aromatic carbocycles. The van der Waals surface area contributed by atoms with Crippen molar-refractivity contribution < 1.29 is 0 Å². The smallest absolute Gasteiger partial charge is 0.313 e. The Morgan fingerprint density at radius 1 is 1.47 bits per heavy atom. The molecule has 2 N–H and O–H groups in total. The van der Waals surface area contributed by atoms with E-state index in [1.54, 1.807) is 13.1 Å². The molecule has 0 fully saturated rings. The molecule has 0 bridgehead atoms. The maximum absolute atomic E-state index is 11.7. The predicted molar refractivity (Wildman–Crippen MR) is 71.5 cm³/mol. The third-order valence-electron chi connectivity index (χ3n) is 2.62. The van der Waals surface area contributed by atoms with Crippen LogP contribution in [0.4, 0.5) is 0 Å². The Kier molecular flexibility index (Phi) is 3.28. The molecule has 0 atom stereocenters. The van der Waals surface area contributed by atoms with Crippen molar-refractivity contribution in [3.63, 3.8) is 0 Å². The van der Waals surface area contributed by atoms with Gasteiger partial charge in [-0.2, -0.15) is 5.10 Å². The Hall–Kier alpha value is -2.70. The van der Waals surface area contributed by atoms with Crippen LogP contribution in [0.3, 0.4) is 0 Å². The van der Waals surface area contributed by atoms with Crippen LogP contribution in [0.15, 0.2) is 33.4 Å². The predicted octanol–water partition coefficient (Wildman–Crippen LogP) is -0.134. The number of aryl methyl sites for hydroxylation is 1. The van der Waals surface area contributed by atoms with Gasteiger partial charge in [-0.15, -0.1) is 0 Å². The SMILES string of the molecule is C=Cn1nc(-c2c[nH]c(=O)[nH]c2=O)cc(C)c1=NC. The highest BCUT2D eigenvalue weighted by Crippen LogP contribution is 2.09. The van der Waals surface area contributed by atoms with Gasteiger partial charge < -0.3 is 4.98 Å². The average molecular weight is 259 g/mol. The number of hydrogen-bond donors (Lipinski definition) is 2. The van der Waals surface area contributed by atoms with Crippen LogP contribution >= 0.6 is 0 Å². The van der Waals surface area contributed by atoms with E-state index in [0.717, 1.165) is 5.56 Å². The van der Waals surface area contributed by atoms with Crippen LogP contribution in [0.25, 0.3) is 17.5 Å². The van der Waals surface area contributed by atoms with Crippen LogP contribution in [-0.2, 0) is 0 Å². The Labute approximate surface area is 108 Å². The quantitative estimate of drug-likeness (QED) is 0.786. The molecular weight excluding hydrogens is 246 g/mol. The van der Waals surface area contributed by atoms with Crippen LogP contribution < -0.4 is 16.7 Å². The van der Waals surface area contributed by atoms with E-state index in [9.17, 15) is 9.59 Å². The van der Waals surface area contributed by atoms with Crippen molar-refractivity contribution in [2.75, 3.05) is 7.05 Å². The summed E-state index contributed by atoms with van der Waals surface area (Å²) in [5.74, 6) is 0. The van der Waals surface area contributed by atoms with Gasteiger partial charge in [0.1, 0.15) is 0 Å². The molecule has 0 spiro atoms. The van der Waals surface area contributed by atoms with Gasteiger partial charge in [-0.25, -0.2) is 9.48 Å². The van der Waals surface area contributed by atoms with Gasteiger partial charge in [0.05, 0.1) is 11.3 Å². The summed E-state index contributed by atoms with van der Waals surface area (Å²) in [6, 6.07) is 1.73. The summed E-state index contributed by atoms with van der Waals surface area (Å²) in [5, 5.41) is 4.25. The lowest BCUT2D eigenvalue weighted by atomic mass is 10.2. The van der Waals surface area contributed by atoms with Crippen LogP contribution in [0, 0.1) is 6.92 Å². The molecule has 0 saturated carbocycles. The van der Waals surface area contributed by atoms with Crippen LogP contribution in [0.2, 0.25) is 0 Å². The number of rotatable bonds is 2. The number of aromatic amines is 2. The number of nitrogens with one attached hydrogen (secondary N) is 2. The van der Waals surface area contributed by atoms with Crippen LogP contribution in [0.5, 0.6) is 0 Å². The van der Waals surface area contributed by atoms with Gasteiger partial charge in [-0.05, 0) is 18.6 Å². The monoisotopic (exact) mass is 259 g/mol. The Morgan fingerprint density at radius 3 is 2.79 bits per heavy atom. The maximum Gasteiger partial charge on any atom is 0.325 e. The van der Waals surface area contributed by atoms with E-state index in [0.29, 0.717) is 11.2 Å². The molecule has 0 radical (unpaired) electrons. The fourth-order valence-corrected chi connectivity index (χ4v) is 1.78. The zero-order chi connectivity index (χ0) is 14.0. The molecule has 98 valence electrons. The molecule has 2 aromatic heterocycles. The van der Waals surface area contributed by atoms with Gasteiger partial charge in [0.25, 0.3) is 5.56 Å². The standard InChI is InChI=1S/C12H13N5O2/c1-4-17-10(13-3)7(2)5-9(16-17)8-6-14-12(19)15-11(8)18/h4-6H,1H2,2-3H3,(H2,14,15,18,19). The summed E-state index contributed by atoms with van der Waals surface area (Å²) in [4.78, 5) is 31.4. The molecule has 7 nitrogen and oxygen atoms in total. The number of aromatic nitrogens is 4. The van der Waals surface area contributed by atoms with Gasteiger partial charge in [-0.3, -0.25) is 14.8 Å². The molecular formula is C12H13N5O2. The molecule has 0 aliphatic heterocycles. The lowest BCUT2D eigenvalue weighted by Gasteiger charge is -2.06. The molecule has 0 aliphatic rings. The van der Waals surface area contributed by atoms with Crippen molar-refractivity contribution in [1.82, 2.24) is 19.7 Å². The summed E-state index contributed by atoms with van der Waals surface area (Å²) in [7, 11) is 1.65. The summed E-state index contributed by atoms with van der Waals surface area (Å²) in [6.07, 6.45) is 2.83. The largest absolute Gasteiger partial charge is 0.325 e. The van der Waals surface area contributed by atoms with E-state index < -0.39 is 11.2 Å². The minimum atomic E-state index is -0.553. The van der Waals surface area contributed by atoms with Crippen molar-refractivity contribution in [2.24, 2.45) is 4.99 Å². The first-order valence-electron chi connectivity index (χ1n) is 5.55. The van der Waals surface area contributed by atoms with Crippen LogP contribution in [-0.4, -0.2) is 26.8 Å². The molecule has 2 aromatic rings. The van der Waals surface area contributed by atoms with E-state index in [4.69, 9.17) is 0 Å². The molecule has 0 saturated heterocycles. The van der Waals surface area contributed by atoms with Gasteiger partial charge in [0.15, 0.2) is 5.49 Å². The minimum Gasteiger partial charge on any atom is -0.313 e. The van der Waals surface area contributed by atoms with E-state index in [2.05, 4.69) is 26.6 Å². The van der Waals surface area contributed by atoms with Crippen molar-refractivity contribution in [1.29, 1.82) is 0 Å². The number of nitrogens with zero attached hydrogens (tertiary/aromatic N) is 3. The summed E-state index contributed by atoms with van der Waals surface area (Å²) in [6.45, 7) is 5.50. The van der Waals surface area contributed by atoms with Crippen molar-refractivity contribution in [2.45, 2.75) is 6.92 Å². The average Bonchev–Trinajstić information content (AvgIpc) is 2.37. The van der Waals surface area contributed by atoms with Crippen LogP contribution in [0.1, 0.15) is 5.56 Å². The highest BCUT2D eigenvalue weighted by atomic mass is 16.2. The lowest BCUT2D eigenvalue weighted by Crippen LogP contribution is -2.26. The van der Waals surface area contributed by atoms with Gasteiger partial charge in [0, 0.05) is 19.4 Å². The highest BCUT2D eigenvalue weighted by Gasteiger charge is 2.08. The Bertz CT molecular complexity index is 810. The molecule has 0 aliphatic carbocycles. The molecule has 7 heteroatoms. The van der Waals surface area contributed by atoms with Crippen molar-refractivity contribution in [3.05, 3.63) is 50.7 Å². The van der Waals surface area contributed by atoms with Gasteiger partial charge >= 0.3 is 5.69 Å². The first-order chi connectivity index (χ1) is 9.06. The van der Waals surface area contributed by atoms with E-state index in [1.165, 1.54) is 17.1 Å². The van der Waals surface area contributed by atoms with Crippen molar-refractivity contribution in [3.8, 4) is 11.3 Å². The highest BCUT2D eigenvalue weighted by molar-refractivity contribution is 5.56. The van der Waals surface area contributed by atoms with E-state index in [-0.39, 0.29) is 5.56 Å². The second-order valence-electron chi connectivity index (χ2n) is 3.87. The first kappa shape index (κ1) is 12.7. The lowest BCUT2D eigenvalue weighted by molar-refractivity contribution is 0.815. The molecule has 0 amide bonds. The summed E-state index contributed by atoms with van der Waals surface area (Å²) in [5.41, 5.74) is 1.16. The van der Waals surface area contributed by atoms with Gasteiger partial charge in [-0.1, -0.05) is 6.58 Å². The fraction of sp³-hybridized carbons (Fsp3) is 0.167. The molecule has 2 rings (SSSR count). The zero-order valence-corrected chi connectivity index (χ0v) is 10.6. The molecule has 19 heavy (non-hydrogen) atoms. The second-order valence-corrected chi connectivity index (χ2v) is 3.87. The number of H-pyrrole nitrogens is 2. The topological polar surface area (TPSA) is 95.9 Å². The maximum atomic E-state index is 11.7.